The number of hydrogen-bond donors (Lipinski definition) is 2. The summed E-state index contributed by atoms with van der Waals surface area (Å²) in [6, 6.07) is 8.77. The van der Waals surface area contributed by atoms with E-state index in [-0.39, 0.29) is 24.8 Å². The molecule has 1 saturated heterocycles. The lowest BCUT2D eigenvalue weighted by atomic mass is 9.98. The molecule has 2 aromatic rings. The van der Waals surface area contributed by atoms with Crippen LogP contribution in [-0.4, -0.2) is 52.8 Å². The maximum absolute atomic E-state index is 5.97. The number of H-pyrrole nitrogens is 1. The van der Waals surface area contributed by atoms with E-state index in [1.54, 1.807) is 0 Å². The summed E-state index contributed by atoms with van der Waals surface area (Å²) in [6.07, 6.45) is 2.22. The second-order valence-electron chi connectivity index (χ2n) is 6.63. The molecule has 1 aliphatic heterocycles. The highest BCUT2D eigenvalue weighted by Gasteiger charge is 2.25. The van der Waals surface area contributed by atoms with E-state index in [4.69, 9.17) is 17.3 Å². The average molecular weight is 422 g/mol. The lowest BCUT2D eigenvalue weighted by Crippen LogP contribution is -2.44. The summed E-state index contributed by atoms with van der Waals surface area (Å²) >= 11 is 5.97. The molecule has 0 radical (unpaired) electrons. The molecule has 9 heteroatoms. The van der Waals surface area contributed by atoms with Gasteiger partial charge in [0, 0.05) is 30.7 Å². The molecule has 0 saturated carbocycles. The first-order valence-electron chi connectivity index (χ1n) is 8.41. The number of nitrogens with two attached hydrogens (primary N) is 1. The minimum Gasteiger partial charge on any atom is -0.368 e. The van der Waals surface area contributed by atoms with Gasteiger partial charge in [-0.15, -0.1) is 29.9 Å². The van der Waals surface area contributed by atoms with Gasteiger partial charge in [-0.25, -0.2) is 5.10 Å². The van der Waals surface area contributed by atoms with Crippen molar-refractivity contribution in [1.82, 2.24) is 20.1 Å². The van der Waals surface area contributed by atoms with E-state index in [1.165, 1.54) is 5.56 Å². The number of rotatable bonds is 5. The fourth-order valence-electron chi connectivity index (χ4n) is 3.39. The van der Waals surface area contributed by atoms with E-state index < -0.39 is 0 Å². The van der Waals surface area contributed by atoms with Gasteiger partial charge in [-0.1, -0.05) is 30.7 Å². The third-order valence-electron chi connectivity index (χ3n) is 4.86. The van der Waals surface area contributed by atoms with Crippen molar-refractivity contribution in [3.8, 4) is 0 Å². The fraction of sp³-hybridized carbons (Fsp3) is 0.529. The summed E-state index contributed by atoms with van der Waals surface area (Å²) < 4.78 is 0. The smallest absolute Gasteiger partial charge is 0.246 e. The van der Waals surface area contributed by atoms with E-state index >= 15 is 0 Å². The van der Waals surface area contributed by atoms with Crippen LogP contribution in [0.4, 0.5) is 11.9 Å². The average Bonchev–Trinajstić information content (AvgIpc) is 3.02. The molecule has 26 heavy (non-hydrogen) atoms. The molecule has 3 N–H and O–H groups in total. The first-order chi connectivity index (χ1) is 11.5. The van der Waals surface area contributed by atoms with Crippen LogP contribution in [0, 0.1) is 0 Å². The maximum atomic E-state index is 5.97. The van der Waals surface area contributed by atoms with Crippen LogP contribution in [0.15, 0.2) is 24.3 Å². The monoisotopic (exact) mass is 420 g/mol. The Morgan fingerprint density at radius 3 is 2.42 bits per heavy atom. The lowest BCUT2D eigenvalue weighted by Gasteiger charge is -2.37. The zero-order valence-electron chi connectivity index (χ0n) is 15.1. The van der Waals surface area contributed by atoms with Gasteiger partial charge in [-0.3, -0.25) is 0 Å². The van der Waals surface area contributed by atoms with Gasteiger partial charge < -0.3 is 15.5 Å². The predicted molar refractivity (Wildman–Crippen MR) is 113 cm³/mol. The van der Waals surface area contributed by atoms with E-state index in [1.807, 2.05) is 12.1 Å². The molecule has 1 aromatic carbocycles. The molecular weight excluding hydrogens is 395 g/mol. The van der Waals surface area contributed by atoms with Gasteiger partial charge in [0.1, 0.15) is 0 Å². The van der Waals surface area contributed by atoms with Crippen LogP contribution in [0.5, 0.6) is 0 Å². The van der Waals surface area contributed by atoms with Crippen molar-refractivity contribution in [3.63, 3.8) is 0 Å². The van der Waals surface area contributed by atoms with Crippen LogP contribution in [0.3, 0.4) is 0 Å². The molecule has 1 aliphatic rings. The van der Waals surface area contributed by atoms with E-state index in [9.17, 15) is 0 Å². The van der Waals surface area contributed by atoms with Crippen LogP contribution in [0.1, 0.15) is 31.2 Å². The Bertz CT molecular complexity index is 655. The van der Waals surface area contributed by atoms with Crippen molar-refractivity contribution in [2.75, 3.05) is 37.3 Å². The number of nitrogens with one attached hydrogen (secondary N) is 1. The third kappa shape index (κ3) is 5.64. The summed E-state index contributed by atoms with van der Waals surface area (Å²) in [4.78, 5) is 8.88. The lowest BCUT2D eigenvalue weighted by molar-refractivity contribution is 0.199. The molecule has 6 nitrogen and oxygen atoms in total. The van der Waals surface area contributed by atoms with Crippen LogP contribution < -0.4 is 10.6 Å². The molecule has 1 aromatic heterocycles. The molecule has 0 aliphatic carbocycles. The number of hydrogen-bond acceptors (Lipinski definition) is 5. The Morgan fingerprint density at radius 1 is 1.27 bits per heavy atom. The van der Waals surface area contributed by atoms with Crippen LogP contribution in [0.25, 0.3) is 0 Å². The number of anilines is 2. The van der Waals surface area contributed by atoms with Crippen LogP contribution in [-0.2, 0) is 0 Å². The fourth-order valence-corrected chi connectivity index (χ4v) is 3.52. The highest BCUT2D eigenvalue weighted by atomic mass is 35.5. The minimum atomic E-state index is 0. The largest absolute Gasteiger partial charge is 0.368 e. The Balaban J connectivity index is 0.00000169. The second-order valence-corrected chi connectivity index (χ2v) is 7.07. The van der Waals surface area contributed by atoms with E-state index in [2.05, 4.69) is 51.1 Å². The standard InChI is InChI=1S/C17H25ClN6.2ClH/c1-12(13-3-5-14(18)6-4-13)11-23(2)15-7-9-24(10-8-15)17-20-16(19)21-22-17;;/h3-6,12,15H,7-11H2,1-2H3,(H3,19,20,21,22);2*1H. The van der Waals surface area contributed by atoms with Gasteiger partial charge in [0.25, 0.3) is 0 Å². The number of aromatic nitrogens is 3. The maximum Gasteiger partial charge on any atom is 0.246 e. The van der Waals surface area contributed by atoms with Gasteiger partial charge in [-0.2, -0.15) is 4.98 Å². The van der Waals surface area contributed by atoms with Gasteiger partial charge in [-0.05, 0) is 43.5 Å². The summed E-state index contributed by atoms with van der Waals surface area (Å²) in [5.41, 5.74) is 6.94. The normalized spacial score (nSPS) is 16.1. The molecule has 146 valence electrons. The summed E-state index contributed by atoms with van der Waals surface area (Å²) in [6.45, 7) is 5.23. The van der Waals surface area contributed by atoms with Crippen molar-refractivity contribution in [2.24, 2.45) is 0 Å². The van der Waals surface area contributed by atoms with Gasteiger partial charge in [0.15, 0.2) is 0 Å². The SMILES string of the molecule is CC(CN(C)C1CCN(c2n[nH]c(N)n2)CC1)c1ccc(Cl)cc1.Cl.Cl. The number of piperidine rings is 1. The highest BCUT2D eigenvalue weighted by Crippen LogP contribution is 2.23. The number of benzene rings is 1. The Hall–Kier alpha value is -1.21. The Labute approximate surface area is 172 Å². The van der Waals surface area contributed by atoms with E-state index in [0.29, 0.717) is 23.9 Å². The first kappa shape index (κ1) is 22.8. The molecule has 0 bridgehead atoms. The highest BCUT2D eigenvalue weighted by molar-refractivity contribution is 6.30. The van der Waals surface area contributed by atoms with Gasteiger partial charge >= 0.3 is 0 Å². The quantitative estimate of drug-likeness (QED) is 0.771. The van der Waals surface area contributed by atoms with Crippen molar-refractivity contribution in [1.29, 1.82) is 0 Å². The number of nitrogens with zero attached hydrogens (tertiary/aromatic N) is 4. The molecule has 1 fully saturated rings. The predicted octanol–water partition coefficient (Wildman–Crippen LogP) is 3.59. The van der Waals surface area contributed by atoms with Crippen LogP contribution in [0.2, 0.25) is 5.02 Å². The molecule has 3 rings (SSSR count). The second kappa shape index (κ2) is 10.2. The van der Waals surface area contributed by atoms with Gasteiger partial charge in [0.2, 0.25) is 11.9 Å². The molecule has 1 unspecified atom stereocenters. The summed E-state index contributed by atoms with van der Waals surface area (Å²) in [7, 11) is 2.22. The Morgan fingerprint density at radius 2 is 1.88 bits per heavy atom. The minimum absolute atomic E-state index is 0. The number of halogens is 3. The third-order valence-corrected chi connectivity index (χ3v) is 5.11. The van der Waals surface area contributed by atoms with Crippen molar-refractivity contribution in [2.45, 2.75) is 31.7 Å². The number of likely N-dealkylation sites (N-methyl/N-ethyl adjacent to an activating group) is 1. The van der Waals surface area contributed by atoms with E-state index in [0.717, 1.165) is 37.5 Å². The molecule has 0 amide bonds. The molecule has 1 atom stereocenters. The Kier molecular flexibility index (Phi) is 8.96. The number of nitrogen functional groups attached to an aromatic ring is 1. The van der Waals surface area contributed by atoms with Crippen molar-refractivity contribution < 1.29 is 0 Å². The topological polar surface area (TPSA) is 74.1 Å². The summed E-state index contributed by atoms with van der Waals surface area (Å²) in [5, 5.41) is 7.64. The zero-order valence-corrected chi connectivity index (χ0v) is 17.4. The molecule has 2 heterocycles. The van der Waals surface area contributed by atoms with Gasteiger partial charge in [0.05, 0.1) is 0 Å². The van der Waals surface area contributed by atoms with Crippen molar-refractivity contribution in [3.05, 3.63) is 34.9 Å². The molecule has 0 spiro atoms. The zero-order chi connectivity index (χ0) is 17.1. The first-order valence-corrected chi connectivity index (χ1v) is 8.79. The van der Waals surface area contributed by atoms with Crippen molar-refractivity contribution >= 4 is 48.3 Å². The number of aromatic amines is 1. The van der Waals surface area contributed by atoms with Crippen LogP contribution >= 0.6 is 36.4 Å². The molecular formula is C17H27Cl3N6. The summed E-state index contributed by atoms with van der Waals surface area (Å²) in [5.74, 6) is 1.57.